The normalized spacial score (nSPS) is 24.1. The van der Waals surface area contributed by atoms with Crippen LogP contribution in [0, 0.1) is 11.8 Å². The van der Waals surface area contributed by atoms with Crippen molar-refractivity contribution in [1.82, 2.24) is 10.6 Å². The van der Waals surface area contributed by atoms with E-state index in [1.54, 1.807) is 6.92 Å². The van der Waals surface area contributed by atoms with E-state index in [0.717, 1.165) is 19.3 Å². The minimum Gasteiger partial charge on any atom is -0.450 e. The first kappa shape index (κ1) is 16.8. The summed E-state index contributed by atoms with van der Waals surface area (Å²) in [5, 5.41) is 5.71. The molecule has 5 heteroatoms. The highest BCUT2D eigenvalue weighted by atomic mass is 16.5. The first-order valence-corrected chi connectivity index (χ1v) is 7.67. The molecule has 0 bridgehead atoms. The van der Waals surface area contributed by atoms with Crippen molar-refractivity contribution >= 4 is 12.0 Å². The van der Waals surface area contributed by atoms with E-state index in [0.29, 0.717) is 12.5 Å². The Bertz CT molecular complexity index is 331. The summed E-state index contributed by atoms with van der Waals surface area (Å²) in [7, 11) is 0. The van der Waals surface area contributed by atoms with Gasteiger partial charge in [0.2, 0.25) is 5.91 Å². The second-order valence-electron chi connectivity index (χ2n) is 6.06. The van der Waals surface area contributed by atoms with Gasteiger partial charge in [-0.3, -0.25) is 4.79 Å². The molecule has 3 atom stereocenters. The van der Waals surface area contributed by atoms with Crippen LogP contribution in [0.4, 0.5) is 4.79 Å². The fourth-order valence-electron chi connectivity index (χ4n) is 2.69. The standard InChI is InChI=1S/C15H28N2O3/c1-5-20-15(19)17-13(10(2)3)14(18)16-12-8-6-7-11(4)9-12/h10-13H,5-9H2,1-4H3,(H,16,18)(H,17,19)/t11-,12+,13-/m0/s1. The van der Waals surface area contributed by atoms with E-state index in [9.17, 15) is 9.59 Å². The van der Waals surface area contributed by atoms with Gasteiger partial charge in [-0.2, -0.15) is 0 Å². The van der Waals surface area contributed by atoms with Gasteiger partial charge in [-0.15, -0.1) is 0 Å². The average Bonchev–Trinajstić information content (AvgIpc) is 2.35. The van der Waals surface area contributed by atoms with E-state index in [-0.39, 0.29) is 17.9 Å². The van der Waals surface area contributed by atoms with Crippen molar-refractivity contribution in [1.29, 1.82) is 0 Å². The van der Waals surface area contributed by atoms with Gasteiger partial charge in [0, 0.05) is 6.04 Å². The average molecular weight is 284 g/mol. The third-order valence-electron chi connectivity index (χ3n) is 3.78. The molecule has 2 amide bonds. The molecule has 0 spiro atoms. The van der Waals surface area contributed by atoms with Crippen LogP contribution < -0.4 is 10.6 Å². The number of amides is 2. The van der Waals surface area contributed by atoms with E-state index in [4.69, 9.17) is 4.74 Å². The molecule has 0 radical (unpaired) electrons. The minimum absolute atomic E-state index is 0.0282. The van der Waals surface area contributed by atoms with E-state index in [1.807, 2.05) is 13.8 Å². The molecule has 1 fully saturated rings. The molecule has 0 aromatic rings. The van der Waals surface area contributed by atoms with Crippen molar-refractivity contribution in [2.75, 3.05) is 6.61 Å². The lowest BCUT2D eigenvalue weighted by atomic mass is 9.87. The zero-order valence-electron chi connectivity index (χ0n) is 13.1. The van der Waals surface area contributed by atoms with E-state index in [2.05, 4.69) is 17.6 Å². The Hall–Kier alpha value is -1.26. The lowest BCUT2D eigenvalue weighted by molar-refractivity contribution is -0.125. The first-order valence-electron chi connectivity index (χ1n) is 7.67. The summed E-state index contributed by atoms with van der Waals surface area (Å²) in [6, 6.07) is -0.303. The second kappa shape index (κ2) is 8.12. The fourth-order valence-corrected chi connectivity index (χ4v) is 2.69. The van der Waals surface area contributed by atoms with Gasteiger partial charge in [-0.25, -0.2) is 4.79 Å². The van der Waals surface area contributed by atoms with Crippen molar-refractivity contribution < 1.29 is 14.3 Å². The van der Waals surface area contributed by atoms with Gasteiger partial charge in [0.05, 0.1) is 6.61 Å². The third kappa shape index (κ3) is 5.39. The van der Waals surface area contributed by atoms with Gasteiger partial charge < -0.3 is 15.4 Å². The topological polar surface area (TPSA) is 67.4 Å². The molecule has 5 nitrogen and oxygen atoms in total. The molecule has 1 rings (SSSR count). The summed E-state index contributed by atoms with van der Waals surface area (Å²) < 4.78 is 4.85. The van der Waals surface area contributed by atoms with Crippen LogP contribution >= 0.6 is 0 Å². The lowest BCUT2D eigenvalue weighted by Gasteiger charge is -2.30. The smallest absolute Gasteiger partial charge is 0.407 e. The number of hydrogen-bond acceptors (Lipinski definition) is 3. The molecule has 0 aromatic heterocycles. The Labute approximate surface area is 121 Å². The maximum Gasteiger partial charge on any atom is 0.407 e. The predicted octanol–water partition coefficient (Wildman–Crippen LogP) is 2.45. The lowest BCUT2D eigenvalue weighted by Crippen LogP contribution is -2.52. The Kier molecular flexibility index (Phi) is 6.82. The van der Waals surface area contributed by atoms with Crippen molar-refractivity contribution in [3.05, 3.63) is 0 Å². The maximum atomic E-state index is 12.3. The molecule has 0 unspecified atom stereocenters. The number of ether oxygens (including phenoxy) is 1. The van der Waals surface area contributed by atoms with E-state index in [1.165, 1.54) is 6.42 Å². The van der Waals surface area contributed by atoms with Crippen LogP contribution in [0.15, 0.2) is 0 Å². The van der Waals surface area contributed by atoms with Crippen molar-refractivity contribution in [3.8, 4) is 0 Å². The quantitative estimate of drug-likeness (QED) is 0.815. The second-order valence-corrected chi connectivity index (χ2v) is 6.06. The van der Waals surface area contributed by atoms with Gasteiger partial charge in [-0.1, -0.05) is 33.6 Å². The van der Waals surface area contributed by atoms with E-state index >= 15 is 0 Å². The molecule has 0 saturated heterocycles. The zero-order valence-corrected chi connectivity index (χ0v) is 13.1. The van der Waals surface area contributed by atoms with Gasteiger partial charge in [0.25, 0.3) is 0 Å². The highest BCUT2D eigenvalue weighted by Gasteiger charge is 2.28. The van der Waals surface area contributed by atoms with Crippen molar-refractivity contribution in [2.45, 2.75) is 65.5 Å². The third-order valence-corrected chi connectivity index (χ3v) is 3.78. The monoisotopic (exact) mass is 284 g/mol. The molecule has 116 valence electrons. The predicted molar refractivity (Wildman–Crippen MR) is 78.3 cm³/mol. The van der Waals surface area contributed by atoms with Gasteiger partial charge >= 0.3 is 6.09 Å². The molecular weight excluding hydrogens is 256 g/mol. The molecule has 1 aliphatic rings. The fraction of sp³-hybridized carbons (Fsp3) is 0.867. The molecule has 0 aromatic carbocycles. The number of carbonyl (C=O) groups excluding carboxylic acids is 2. The molecule has 1 saturated carbocycles. The largest absolute Gasteiger partial charge is 0.450 e. The summed E-state index contributed by atoms with van der Waals surface area (Å²) in [5.74, 6) is 0.581. The molecule has 1 aliphatic carbocycles. The van der Waals surface area contributed by atoms with Gasteiger partial charge in [0.15, 0.2) is 0 Å². The molecular formula is C15H28N2O3. The Balaban J connectivity index is 2.53. The van der Waals surface area contributed by atoms with Crippen LogP contribution in [0.1, 0.15) is 53.4 Å². The van der Waals surface area contributed by atoms with Crippen LogP contribution in [0.25, 0.3) is 0 Å². The van der Waals surface area contributed by atoms with Crippen LogP contribution in [0.3, 0.4) is 0 Å². The number of alkyl carbamates (subject to hydrolysis) is 1. The number of rotatable bonds is 5. The molecule has 0 aliphatic heterocycles. The van der Waals surface area contributed by atoms with Crippen LogP contribution in [-0.4, -0.2) is 30.7 Å². The number of nitrogens with one attached hydrogen (secondary N) is 2. The van der Waals surface area contributed by atoms with Crippen LogP contribution in [0.2, 0.25) is 0 Å². The van der Waals surface area contributed by atoms with Gasteiger partial charge in [0.1, 0.15) is 6.04 Å². The highest BCUT2D eigenvalue weighted by Crippen LogP contribution is 2.23. The Morgan fingerprint density at radius 1 is 1.30 bits per heavy atom. The number of hydrogen-bond donors (Lipinski definition) is 2. The first-order chi connectivity index (χ1) is 9.43. The highest BCUT2D eigenvalue weighted by molar-refractivity contribution is 5.86. The summed E-state index contributed by atoms with van der Waals surface area (Å²) >= 11 is 0. The zero-order chi connectivity index (χ0) is 15.1. The maximum absolute atomic E-state index is 12.3. The van der Waals surface area contributed by atoms with Crippen LogP contribution in [0.5, 0.6) is 0 Å². The van der Waals surface area contributed by atoms with E-state index < -0.39 is 12.1 Å². The summed E-state index contributed by atoms with van der Waals surface area (Å²) in [4.78, 5) is 23.8. The minimum atomic E-state index is -0.536. The molecule has 0 heterocycles. The van der Waals surface area contributed by atoms with Gasteiger partial charge in [-0.05, 0) is 31.6 Å². The molecule has 2 N–H and O–H groups in total. The van der Waals surface area contributed by atoms with Crippen molar-refractivity contribution in [3.63, 3.8) is 0 Å². The molecule has 20 heavy (non-hydrogen) atoms. The summed E-state index contributed by atoms with van der Waals surface area (Å²) in [6.45, 7) is 8.10. The SMILES string of the molecule is CCOC(=O)N[C@H](C(=O)N[C@@H]1CCC[C@H](C)C1)C(C)C. The number of carbonyl (C=O) groups is 2. The Morgan fingerprint density at radius 3 is 2.55 bits per heavy atom. The Morgan fingerprint density at radius 2 is 2.00 bits per heavy atom. The summed E-state index contributed by atoms with van der Waals surface area (Å²) in [6.07, 6.45) is 3.92. The summed E-state index contributed by atoms with van der Waals surface area (Å²) in [5.41, 5.74) is 0. The van der Waals surface area contributed by atoms with Crippen molar-refractivity contribution in [2.24, 2.45) is 11.8 Å². The van der Waals surface area contributed by atoms with Crippen LogP contribution in [-0.2, 0) is 9.53 Å².